The summed E-state index contributed by atoms with van der Waals surface area (Å²) in [6.45, 7) is 7.49. The van der Waals surface area contributed by atoms with E-state index in [1.165, 1.54) is 96.3 Å². The second-order valence-corrected chi connectivity index (χ2v) is 10.8. The summed E-state index contributed by atoms with van der Waals surface area (Å²) in [5.41, 5.74) is 2.00. The van der Waals surface area contributed by atoms with Crippen LogP contribution >= 0.6 is 0 Å². The molecule has 0 unspecified atom stereocenters. The average Bonchev–Trinajstić information content (AvgIpc) is 2.94. The molecule has 3 nitrogen and oxygen atoms in total. The highest BCUT2D eigenvalue weighted by Gasteiger charge is 2.04. The lowest BCUT2D eigenvalue weighted by atomic mass is 10.1. The number of unbranched alkanes of at least 4 members (excludes halogenated alkanes) is 14. The second kappa shape index (κ2) is 21.6. The Hall–Kier alpha value is -2.29. The molecule has 0 saturated heterocycles. The second-order valence-electron chi connectivity index (χ2n) is 10.8. The van der Waals surface area contributed by atoms with Gasteiger partial charge in [0.15, 0.2) is 0 Å². The van der Waals surface area contributed by atoms with Gasteiger partial charge in [0.1, 0.15) is 11.5 Å². The SMILES string of the molecule is CCCCCCCCCCCCCCOc1ccc(N=Cc2ccc(O[C@H](C)CCCCCC)cc2)cc1. The fourth-order valence-corrected chi connectivity index (χ4v) is 4.69. The molecule has 0 aliphatic heterocycles. The van der Waals surface area contributed by atoms with Gasteiger partial charge in [-0.05, 0) is 80.3 Å². The minimum atomic E-state index is 0.256. The van der Waals surface area contributed by atoms with Crippen LogP contribution in [-0.4, -0.2) is 18.9 Å². The zero-order chi connectivity index (χ0) is 27.1. The van der Waals surface area contributed by atoms with Crippen LogP contribution in [0.4, 0.5) is 5.69 Å². The highest BCUT2D eigenvalue weighted by atomic mass is 16.5. The lowest BCUT2D eigenvalue weighted by molar-refractivity contribution is 0.206. The summed E-state index contributed by atoms with van der Waals surface area (Å²) in [4.78, 5) is 4.61. The lowest BCUT2D eigenvalue weighted by Gasteiger charge is -2.14. The molecule has 2 aromatic carbocycles. The van der Waals surface area contributed by atoms with Crippen molar-refractivity contribution in [1.82, 2.24) is 0 Å². The van der Waals surface area contributed by atoms with Gasteiger partial charge in [-0.15, -0.1) is 0 Å². The smallest absolute Gasteiger partial charge is 0.119 e. The molecule has 0 spiro atoms. The Morgan fingerprint density at radius 3 is 1.68 bits per heavy atom. The predicted octanol–water partition coefficient (Wildman–Crippen LogP) is 11.3. The Kier molecular flexibility index (Phi) is 18.2. The number of nitrogens with zero attached hydrogens (tertiary/aromatic N) is 1. The average molecular weight is 522 g/mol. The molecule has 3 heteroatoms. The monoisotopic (exact) mass is 521 g/mol. The van der Waals surface area contributed by atoms with E-state index in [-0.39, 0.29) is 6.10 Å². The summed E-state index contributed by atoms with van der Waals surface area (Å²) in [6.07, 6.45) is 24.8. The maximum Gasteiger partial charge on any atom is 0.119 e. The molecule has 0 radical (unpaired) electrons. The maximum atomic E-state index is 6.05. The minimum Gasteiger partial charge on any atom is -0.494 e. The van der Waals surface area contributed by atoms with Gasteiger partial charge < -0.3 is 9.47 Å². The number of aliphatic imine (C=N–C) groups is 1. The van der Waals surface area contributed by atoms with Crippen LogP contribution in [0.25, 0.3) is 0 Å². The quantitative estimate of drug-likeness (QED) is 0.107. The van der Waals surface area contributed by atoms with Crippen molar-refractivity contribution < 1.29 is 9.47 Å². The molecule has 0 amide bonds. The first-order chi connectivity index (χ1) is 18.7. The van der Waals surface area contributed by atoms with Crippen LogP contribution < -0.4 is 9.47 Å². The van der Waals surface area contributed by atoms with Gasteiger partial charge in [0.25, 0.3) is 0 Å². The molecule has 38 heavy (non-hydrogen) atoms. The van der Waals surface area contributed by atoms with Gasteiger partial charge in [-0.3, -0.25) is 4.99 Å². The zero-order valence-corrected chi connectivity index (χ0v) is 24.8. The summed E-state index contributed by atoms with van der Waals surface area (Å²) in [5, 5.41) is 0. The summed E-state index contributed by atoms with van der Waals surface area (Å²) in [7, 11) is 0. The van der Waals surface area contributed by atoms with E-state index in [1.54, 1.807) is 0 Å². The Labute approximate surface area is 234 Å². The summed E-state index contributed by atoms with van der Waals surface area (Å²) < 4.78 is 12.0. The Morgan fingerprint density at radius 1 is 0.605 bits per heavy atom. The zero-order valence-electron chi connectivity index (χ0n) is 24.8. The highest BCUT2D eigenvalue weighted by Crippen LogP contribution is 2.20. The third-order valence-corrected chi connectivity index (χ3v) is 7.15. The molecule has 1 atom stereocenters. The van der Waals surface area contributed by atoms with Gasteiger partial charge in [-0.25, -0.2) is 0 Å². The van der Waals surface area contributed by atoms with Gasteiger partial charge in [-0.1, -0.05) is 104 Å². The summed E-state index contributed by atoms with van der Waals surface area (Å²) >= 11 is 0. The fourth-order valence-electron chi connectivity index (χ4n) is 4.69. The van der Waals surface area contributed by atoms with E-state index in [1.807, 2.05) is 42.6 Å². The number of benzene rings is 2. The van der Waals surface area contributed by atoms with Crippen LogP contribution in [0.15, 0.2) is 53.5 Å². The third-order valence-electron chi connectivity index (χ3n) is 7.15. The van der Waals surface area contributed by atoms with Crippen LogP contribution in [-0.2, 0) is 0 Å². The van der Waals surface area contributed by atoms with E-state index < -0.39 is 0 Å². The van der Waals surface area contributed by atoms with Crippen molar-refractivity contribution in [2.24, 2.45) is 4.99 Å². The first-order valence-electron chi connectivity index (χ1n) is 15.7. The molecule has 0 N–H and O–H groups in total. The molecule has 0 saturated carbocycles. The molecule has 2 aromatic rings. The molecule has 0 aliphatic carbocycles. The van der Waals surface area contributed by atoms with Crippen molar-refractivity contribution in [2.45, 2.75) is 136 Å². The largest absolute Gasteiger partial charge is 0.494 e. The molecule has 212 valence electrons. The number of ether oxygens (including phenoxy) is 2. The predicted molar refractivity (Wildman–Crippen MR) is 166 cm³/mol. The van der Waals surface area contributed by atoms with Crippen LogP contribution in [0.3, 0.4) is 0 Å². The van der Waals surface area contributed by atoms with E-state index in [0.29, 0.717) is 0 Å². The molecule has 0 bridgehead atoms. The van der Waals surface area contributed by atoms with Gasteiger partial charge in [0, 0.05) is 6.21 Å². The van der Waals surface area contributed by atoms with Gasteiger partial charge in [0.05, 0.1) is 18.4 Å². The van der Waals surface area contributed by atoms with Crippen molar-refractivity contribution in [3.63, 3.8) is 0 Å². The molecule has 0 fully saturated rings. The van der Waals surface area contributed by atoms with E-state index in [2.05, 4.69) is 37.9 Å². The van der Waals surface area contributed by atoms with Crippen LogP contribution in [0, 0.1) is 0 Å². The minimum absolute atomic E-state index is 0.256. The first kappa shape index (κ1) is 31.9. The maximum absolute atomic E-state index is 6.05. The molecular weight excluding hydrogens is 466 g/mol. The Morgan fingerprint density at radius 2 is 1.11 bits per heavy atom. The van der Waals surface area contributed by atoms with Crippen LogP contribution in [0.5, 0.6) is 11.5 Å². The Bertz CT molecular complexity index is 828. The van der Waals surface area contributed by atoms with Crippen LogP contribution in [0.2, 0.25) is 0 Å². The van der Waals surface area contributed by atoms with E-state index >= 15 is 0 Å². The van der Waals surface area contributed by atoms with Crippen molar-refractivity contribution in [3.05, 3.63) is 54.1 Å². The van der Waals surface area contributed by atoms with Gasteiger partial charge >= 0.3 is 0 Å². The van der Waals surface area contributed by atoms with Crippen LogP contribution in [0.1, 0.15) is 135 Å². The number of hydrogen-bond donors (Lipinski definition) is 0. The normalized spacial score (nSPS) is 12.2. The van der Waals surface area contributed by atoms with Crippen molar-refractivity contribution in [3.8, 4) is 11.5 Å². The van der Waals surface area contributed by atoms with Crippen molar-refractivity contribution in [1.29, 1.82) is 0 Å². The summed E-state index contributed by atoms with van der Waals surface area (Å²) in [5.74, 6) is 1.86. The number of hydrogen-bond acceptors (Lipinski definition) is 3. The van der Waals surface area contributed by atoms with Gasteiger partial charge in [0.2, 0.25) is 0 Å². The van der Waals surface area contributed by atoms with Gasteiger partial charge in [-0.2, -0.15) is 0 Å². The molecule has 2 rings (SSSR count). The van der Waals surface area contributed by atoms with E-state index in [4.69, 9.17) is 9.47 Å². The first-order valence-corrected chi connectivity index (χ1v) is 15.7. The molecule has 0 aliphatic rings. The fraction of sp³-hybridized carbons (Fsp3) is 0.629. The molecule has 0 heterocycles. The third kappa shape index (κ3) is 15.8. The molecule has 0 aromatic heterocycles. The summed E-state index contributed by atoms with van der Waals surface area (Å²) in [6, 6.07) is 16.3. The van der Waals surface area contributed by atoms with Crippen molar-refractivity contribution >= 4 is 11.9 Å². The highest BCUT2D eigenvalue weighted by molar-refractivity contribution is 5.82. The van der Waals surface area contributed by atoms with Crippen molar-refractivity contribution in [2.75, 3.05) is 6.61 Å². The standard InChI is InChI=1S/C35H55NO2/c1-4-6-8-10-11-12-13-14-15-16-17-19-29-37-34-27-23-33(24-28-34)36-30-32-21-25-35(26-22-32)38-31(3)20-18-9-7-5-2/h21-28,30-31H,4-20,29H2,1-3H3/t31-/m1/s1. The number of rotatable bonds is 23. The Balaban J connectivity index is 1.55. The molecular formula is C35H55NO2. The van der Waals surface area contributed by atoms with E-state index in [9.17, 15) is 0 Å². The van der Waals surface area contributed by atoms with E-state index in [0.717, 1.165) is 42.2 Å². The lowest BCUT2D eigenvalue weighted by Crippen LogP contribution is -2.11. The topological polar surface area (TPSA) is 30.8 Å².